The van der Waals surface area contributed by atoms with Crippen LogP contribution in [0.5, 0.6) is 0 Å². The van der Waals surface area contributed by atoms with Crippen molar-refractivity contribution in [1.29, 1.82) is 0 Å². The van der Waals surface area contributed by atoms with E-state index in [1.165, 1.54) is 28.0 Å². The van der Waals surface area contributed by atoms with Crippen molar-refractivity contribution in [2.45, 2.75) is 6.92 Å². The highest BCUT2D eigenvalue weighted by Gasteiger charge is 2.30. The first kappa shape index (κ1) is 15.9. The molecule has 1 aliphatic rings. The molecule has 2 aromatic heterocycles. The monoisotopic (exact) mass is 367 g/mol. The number of fused-ring (bicyclic) bond motifs is 1. The molecule has 0 atom stereocenters. The summed E-state index contributed by atoms with van der Waals surface area (Å²) in [5.74, 6) is -0.0853. The van der Waals surface area contributed by atoms with Crippen LogP contribution in [-0.4, -0.2) is 38.2 Å². The summed E-state index contributed by atoms with van der Waals surface area (Å²) < 4.78 is 0. The van der Waals surface area contributed by atoms with E-state index in [2.05, 4.69) is 20.2 Å². The van der Waals surface area contributed by atoms with Gasteiger partial charge in [-0.15, -0.1) is 10.2 Å². The predicted molar refractivity (Wildman–Crippen MR) is 102 cm³/mol. The number of rotatable bonds is 2. The summed E-state index contributed by atoms with van der Waals surface area (Å²) in [6.07, 6.45) is 3.62. The molecular formula is C17H13N5OS2. The van der Waals surface area contributed by atoms with Crippen LogP contribution in [0.4, 0.5) is 5.13 Å². The second kappa shape index (κ2) is 6.38. The average Bonchev–Trinajstić information content (AvgIpc) is 3.14. The van der Waals surface area contributed by atoms with E-state index in [1.54, 1.807) is 13.2 Å². The molecule has 1 aromatic carbocycles. The zero-order valence-corrected chi connectivity index (χ0v) is 15.1. The lowest BCUT2D eigenvalue weighted by Crippen LogP contribution is -2.23. The Morgan fingerprint density at radius 3 is 2.84 bits per heavy atom. The number of aromatic nitrogens is 3. The normalized spacial score (nSPS) is 18.0. The number of hydrogen-bond acceptors (Lipinski definition) is 7. The standard InChI is InChI=1S/C17H13N5OS2/c1-10-20-21-16(24-10)19-17-22(2)15(23)13(25-17)9-12-6-3-5-11-7-4-8-18-14(11)12/h3-9H,1-2H3/b13-9-,19-17+. The predicted octanol–water partition coefficient (Wildman–Crippen LogP) is 3.63. The van der Waals surface area contributed by atoms with Crippen molar-refractivity contribution in [3.05, 3.63) is 52.0 Å². The highest BCUT2D eigenvalue weighted by molar-refractivity contribution is 8.18. The van der Waals surface area contributed by atoms with E-state index in [9.17, 15) is 4.79 Å². The van der Waals surface area contributed by atoms with E-state index < -0.39 is 0 Å². The number of likely N-dealkylation sites (N-methyl/N-ethyl adjacent to an activating group) is 1. The molecule has 0 saturated carbocycles. The highest BCUT2D eigenvalue weighted by atomic mass is 32.2. The number of hydrogen-bond donors (Lipinski definition) is 0. The van der Waals surface area contributed by atoms with E-state index in [-0.39, 0.29) is 5.91 Å². The van der Waals surface area contributed by atoms with Gasteiger partial charge in [-0.05, 0) is 30.8 Å². The van der Waals surface area contributed by atoms with Gasteiger partial charge in [-0.3, -0.25) is 14.7 Å². The third-order valence-electron chi connectivity index (χ3n) is 3.66. The first-order valence-electron chi connectivity index (χ1n) is 7.52. The minimum atomic E-state index is -0.0853. The highest BCUT2D eigenvalue weighted by Crippen LogP contribution is 2.34. The Morgan fingerprint density at radius 1 is 1.20 bits per heavy atom. The molecule has 6 nitrogen and oxygen atoms in total. The summed E-state index contributed by atoms with van der Waals surface area (Å²) in [5, 5.41) is 11.0. The molecular weight excluding hydrogens is 354 g/mol. The second-order valence-corrected chi connectivity index (χ2v) is 7.56. The molecule has 1 fully saturated rings. The Labute approximate surface area is 152 Å². The number of nitrogens with zero attached hydrogens (tertiary/aromatic N) is 5. The van der Waals surface area contributed by atoms with Gasteiger partial charge in [0.1, 0.15) is 5.01 Å². The number of amidine groups is 1. The topological polar surface area (TPSA) is 71.3 Å². The third kappa shape index (κ3) is 3.06. The van der Waals surface area contributed by atoms with E-state index in [0.717, 1.165) is 21.5 Å². The zero-order chi connectivity index (χ0) is 17.4. The van der Waals surface area contributed by atoms with E-state index in [0.29, 0.717) is 15.2 Å². The van der Waals surface area contributed by atoms with Gasteiger partial charge in [0, 0.05) is 24.2 Å². The van der Waals surface area contributed by atoms with Gasteiger partial charge >= 0.3 is 0 Å². The number of aliphatic imine (C=N–C) groups is 1. The molecule has 25 heavy (non-hydrogen) atoms. The maximum absolute atomic E-state index is 12.6. The van der Waals surface area contributed by atoms with Crippen LogP contribution >= 0.6 is 23.1 Å². The van der Waals surface area contributed by atoms with Crippen molar-refractivity contribution in [1.82, 2.24) is 20.1 Å². The van der Waals surface area contributed by atoms with Gasteiger partial charge in [0.25, 0.3) is 5.91 Å². The van der Waals surface area contributed by atoms with E-state index in [4.69, 9.17) is 0 Å². The average molecular weight is 367 g/mol. The SMILES string of the molecule is Cc1nnc(/N=C2/S/C(=C\c3cccc4cccnc34)C(=O)N2C)s1. The van der Waals surface area contributed by atoms with Crippen LogP contribution in [0.2, 0.25) is 0 Å². The van der Waals surface area contributed by atoms with Crippen molar-refractivity contribution in [3.8, 4) is 0 Å². The fraction of sp³-hybridized carbons (Fsp3) is 0.118. The first-order valence-corrected chi connectivity index (χ1v) is 9.15. The molecule has 8 heteroatoms. The lowest BCUT2D eigenvalue weighted by molar-refractivity contribution is -0.121. The van der Waals surface area contributed by atoms with Crippen LogP contribution in [0.25, 0.3) is 17.0 Å². The first-order chi connectivity index (χ1) is 12.1. The van der Waals surface area contributed by atoms with Gasteiger partial charge in [-0.1, -0.05) is 35.6 Å². The summed E-state index contributed by atoms with van der Waals surface area (Å²) in [6, 6.07) is 9.83. The molecule has 0 N–H and O–H groups in total. The Kier molecular flexibility index (Phi) is 4.06. The largest absolute Gasteiger partial charge is 0.289 e. The van der Waals surface area contributed by atoms with Crippen LogP contribution in [0.15, 0.2) is 46.4 Å². The molecule has 124 valence electrons. The smallest absolute Gasteiger partial charge is 0.266 e. The fourth-order valence-corrected chi connectivity index (χ4v) is 4.03. The Hall–Kier alpha value is -2.58. The van der Waals surface area contributed by atoms with E-state index in [1.807, 2.05) is 43.3 Å². The molecule has 0 radical (unpaired) electrons. The second-order valence-electron chi connectivity index (χ2n) is 5.40. The number of aryl methyl sites for hydroxylation is 1. The Morgan fingerprint density at radius 2 is 2.04 bits per heavy atom. The number of benzene rings is 1. The summed E-state index contributed by atoms with van der Waals surface area (Å²) in [7, 11) is 1.71. The van der Waals surface area contributed by atoms with Gasteiger partial charge in [0.05, 0.1) is 10.4 Å². The Balaban J connectivity index is 1.72. The van der Waals surface area contributed by atoms with Gasteiger partial charge < -0.3 is 0 Å². The molecule has 4 rings (SSSR count). The summed E-state index contributed by atoms with van der Waals surface area (Å²) in [6.45, 7) is 1.87. The van der Waals surface area contributed by atoms with E-state index >= 15 is 0 Å². The molecule has 0 bridgehead atoms. The molecule has 1 aliphatic heterocycles. The van der Waals surface area contributed by atoms with Crippen LogP contribution in [0.3, 0.4) is 0 Å². The van der Waals surface area contributed by atoms with Gasteiger partial charge in [-0.25, -0.2) is 0 Å². The van der Waals surface area contributed by atoms with Crippen molar-refractivity contribution < 1.29 is 4.79 Å². The fourth-order valence-electron chi connectivity index (χ4n) is 2.45. The summed E-state index contributed by atoms with van der Waals surface area (Å²) in [5.41, 5.74) is 1.79. The maximum Gasteiger partial charge on any atom is 0.266 e. The van der Waals surface area contributed by atoms with Gasteiger partial charge in [-0.2, -0.15) is 4.99 Å². The number of carbonyl (C=O) groups excluding carboxylic acids is 1. The minimum Gasteiger partial charge on any atom is -0.289 e. The maximum atomic E-state index is 12.6. The number of thioether (sulfide) groups is 1. The van der Waals surface area contributed by atoms with Crippen molar-refractivity contribution in [2.24, 2.45) is 4.99 Å². The quantitative estimate of drug-likeness (QED) is 0.647. The lowest BCUT2D eigenvalue weighted by atomic mass is 10.1. The van der Waals surface area contributed by atoms with Crippen molar-refractivity contribution in [2.75, 3.05) is 7.05 Å². The van der Waals surface area contributed by atoms with Crippen molar-refractivity contribution in [3.63, 3.8) is 0 Å². The summed E-state index contributed by atoms with van der Waals surface area (Å²) >= 11 is 2.73. The molecule has 0 aliphatic carbocycles. The summed E-state index contributed by atoms with van der Waals surface area (Å²) in [4.78, 5) is 23.6. The number of amides is 1. The van der Waals surface area contributed by atoms with Crippen LogP contribution in [-0.2, 0) is 4.79 Å². The molecule has 1 saturated heterocycles. The number of carbonyl (C=O) groups is 1. The third-order valence-corrected chi connectivity index (χ3v) is 5.45. The van der Waals surface area contributed by atoms with Crippen LogP contribution in [0, 0.1) is 6.92 Å². The lowest BCUT2D eigenvalue weighted by Gasteiger charge is -2.05. The molecule has 0 unspecified atom stereocenters. The minimum absolute atomic E-state index is 0.0853. The zero-order valence-electron chi connectivity index (χ0n) is 13.5. The van der Waals surface area contributed by atoms with Crippen LogP contribution < -0.4 is 0 Å². The van der Waals surface area contributed by atoms with Gasteiger partial charge in [0.2, 0.25) is 5.13 Å². The van der Waals surface area contributed by atoms with Crippen molar-refractivity contribution >= 4 is 56.3 Å². The van der Waals surface area contributed by atoms with Crippen LogP contribution in [0.1, 0.15) is 10.6 Å². The number of para-hydroxylation sites is 1. The molecule has 0 spiro atoms. The van der Waals surface area contributed by atoms with Gasteiger partial charge in [0.15, 0.2) is 5.17 Å². The Bertz CT molecular complexity index is 1030. The number of pyridine rings is 1. The molecule has 3 heterocycles. The molecule has 3 aromatic rings. The molecule has 1 amide bonds.